The number of aryl methyl sites for hydroxylation is 1. The number of hydrogen-bond donors (Lipinski definition) is 0. The van der Waals surface area contributed by atoms with Crippen LogP contribution in [-0.4, -0.2) is 4.57 Å². The molecule has 0 amide bonds. The number of benzene rings is 2. The first-order chi connectivity index (χ1) is 14.1. The van der Waals surface area contributed by atoms with Gasteiger partial charge in [-0.1, -0.05) is 90.8 Å². The van der Waals surface area contributed by atoms with Crippen molar-refractivity contribution in [3.8, 4) is 5.69 Å². The molecule has 0 fully saturated rings. The molecule has 1 heteroatoms. The van der Waals surface area contributed by atoms with Crippen LogP contribution in [0.25, 0.3) is 22.7 Å². The van der Waals surface area contributed by atoms with Crippen LogP contribution in [0.1, 0.15) is 83.7 Å². The first-order valence-corrected chi connectivity index (χ1v) is 11.5. The molecule has 0 atom stereocenters. The van der Waals surface area contributed by atoms with Crippen LogP contribution in [0.2, 0.25) is 0 Å². The highest BCUT2D eigenvalue weighted by Gasteiger charge is 2.22. The first kappa shape index (κ1) is 22.4. The Labute approximate surface area is 183 Å². The molecular formula is C29H39N. The van der Waals surface area contributed by atoms with Crippen LogP contribution in [-0.2, 0) is 11.8 Å². The van der Waals surface area contributed by atoms with Crippen LogP contribution in [0.15, 0.2) is 48.5 Å². The molecule has 1 heterocycles. The number of allylic oxidation sites excluding steroid dienone is 1. The van der Waals surface area contributed by atoms with E-state index in [0.29, 0.717) is 0 Å². The van der Waals surface area contributed by atoms with Crippen molar-refractivity contribution < 1.29 is 0 Å². The average Bonchev–Trinajstić information content (AvgIpc) is 2.99. The van der Waals surface area contributed by atoms with Crippen LogP contribution >= 0.6 is 0 Å². The second-order valence-corrected chi connectivity index (χ2v) is 10.5. The second-order valence-electron chi connectivity index (χ2n) is 10.5. The Morgan fingerprint density at radius 2 is 1.57 bits per heavy atom. The first-order valence-electron chi connectivity index (χ1n) is 11.5. The molecule has 0 bridgehead atoms. The lowest BCUT2D eigenvalue weighted by Gasteiger charge is -2.23. The Balaban J connectivity index is 2.37. The van der Waals surface area contributed by atoms with E-state index in [1.165, 1.54) is 39.0 Å². The van der Waals surface area contributed by atoms with Crippen molar-refractivity contribution in [1.82, 2.24) is 4.57 Å². The molecule has 0 radical (unpaired) electrons. The predicted octanol–water partition coefficient (Wildman–Crippen LogP) is 8.64. The van der Waals surface area contributed by atoms with E-state index in [0.717, 1.165) is 19.3 Å². The van der Waals surface area contributed by atoms with Crippen LogP contribution in [0.4, 0.5) is 0 Å². The van der Waals surface area contributed by atoms with Gasteiger partial charge in [-0.3, -0.25) is 0 Å². The zero-order valence-electron chi connectivity index (χ0n) is 20.3. The van der Waals surface area contributed by atoms with E-state index in [-0.39, 0.29) is 10.8 Å². The fraction of sp³-hybridized carbons (Fsp3) is 0.448. The van der Waals surface area contributed by atoms with E-state index in [1.54, 1.807) is 0 Å². The Bertz CT molecular complexity index is 1040. The third kappa shape index (κ3) is 4.56. The molecule has 0 saturated carbocycles. The Morgan fingerprint density at radius 1 is 0.900 bits per heavy atom. The lowest BCUT2D eigenvalue weighted by molar-refractivity contribution is 0.507. The fourth-order valence-corrected chi connectivity index (χ4v) is 3.98. The van der Waals surface area contributed by atoms with Gasteiger partial charge in [0.25, 0.3) is 0 Å². The van der Waals surface area contributed by atoms with Crippen molar-refractivity contribution in [2.24, 2.45) is 5.41 Å². The van der Waals surface area contributed by atoms with Crippen LogP contribution < -0.4 is 0 Å². The van der Waals surface area contributed by atoms with Crippen LogP contribution in [0.3, 0.4) is 0 Å². The number of aromatic nitrogens is 1. The molecule has 30 heavy (non-hydrogen) atoms. The largest absolute Gasteiger partial charge is 0.313 e. The zero-order chi connectivity index (χ0) is 22.1. The zero-order valence-corrected chi connectivity index (χ0v) is 20.3. The average molecular weight is 402 g/mol. The standard InChI is InChI=1S/C29H39N/c1-9-11-26-24(18-19-28(4,5)6)25-20-22(29(7,8)10-2)14-17-27(25)30(26)23-15-12-21(3)13-16-23/h12-20H,9-11H2,1-8H3. The van der Waals surface area contributed by atoms with Crippen LogP contribution in [0, 0.1) is 12.3 Å². The topological polar surface area (TPSA) is 4.93 Å². The fourth-order valence-electron chi connectivity index (χ4n) is 3.98. The third-order valence-electron chi connectivity index (χ3n) is 6.30. The van der Waals surface area contributed by atoms with Crippen molar-refractivity contribution in [1.29, 1.82) is 0 Å². The van der Waals surface area contributed by atoms with E-state index < -0.39 is 0 Å². The molecule has 0 unspecified atom stereocenters. The molecule has 2 aromatic carbocycles. The summed E-state index contributed by atoms with van der Waals surface area (Å²) in [5.41, 5.74) is 8.43. The van der Waals surface area contributed by atoms with E-state index in [1.807, 2.05) is 0 Å². The molecule has 3 aromatic rings. The maximum atomic E-state index is 2.49. The summed E-state index contributed by atoms with van der Waals surface area (Å²) in [6.45, 7) is 18.2. The molecule has 3 rings (SSSR count). The van der Waals surface area contributed by atoms with Crippen molar-refractivity contribution >= 4 is 17.0 Å². The lowest BCUT2D eigenvalue weighted by Crippen LogP contribution is -2.15. The smallest absolute Gasteiger partial charge is 0.0537 e. The number of nitrogens with zero attached hydrogens (tertiary/aromatic N) is 1. The van der Waals surface area contributed by atoms with E-state index in [9.17, 15) is 0 Å². The predicted molar refractivity (Wildman–Crippen MR) is 134 cm³/mol. The van der Waals surface area contributed by atoms with Crippen LogP contribution in [0.5, 0.6) is 0 Å². The number of rotatable bonds is 6. The van der Waals surface area contributed by atoms with Gasteiger partial charge in [-0.25, -0.2) is 0 Å². The molecule has 0 N–H and O–H groups in total. The van der Waals surface area contributed by atoms with Gasteiger partial charge in [-0.15, -0.1) is 0 Å². The summed E-state index contributed by atoms with van der Waals surface area (Å²) in [5.74, 6) is 0. The van der Waals surface area contributed by atoms with Gasteiger partial charge in [-0.2, -0.15) is 0 Å². The minimum Gasteiger partial charge on any atom is -0.313 e. The summed E-state index contributed by atoms with van der Waals surface area (Å²) in [7, 11) is 0. The minimum atomic E-state index is 0.155. The highest BCUT2D eigenvalue weighted by molar-refractivity contribution is 5.93. The highest BCUT2D eigenvalue weighted by atomic mass is 15.0. The van der Waals surface area contributed by atoms with Gasteiger partial charge >= 0.3 is 0 Å². The Hall–Kier alpha value is -2.28. The third-order valence-corrected chi connectivity index (χ3v) is 6.30. The van der Waals surface area contributed by atoms with Gasteiger partial charge in [0.1, 0.15) is 0 Å². The second kappa shape index (κ2) is 8.46. The van der Waals surface area contributed by atoms with Crippen molar-refractivity contribution in [3.63, 3.8) is 0 Å². The van der Waals surface area contributed by atoms with Crippen molar-refractivity contribution in [2.45, 2.75) is 80.1 Å². The molecule has 0 saturated heterocycles. The van der Waals surface area contributed by atoms with Gasteiger partial charge in [0, 0.05) is 22.3 Å². The molecule has 0 aliphatic heterocycles. The summed E-state index contributed by atoms with van der Waals surface area (Å²) < 4.78 is 2.49. The molecule has 0 aliphatic rings. The molecule has 1 aromatic heterocycles. The van der Waals surface area contributed by atoms with Gasteiger partial charge in [-0.05, 0) is 60.4 Å². The molecule has 160 valence electrons. The lowest BCUT2D eigenvalue weighted by atomic mass is 9.81. The van der Waals surface area contributed by atoms with E-state index in [2.05, 4.69) is 115 Å². The summed E-state index contributed by atoms with van der Waals surface area (Å²) in [6.07, 6.45) is 8.07. The van der Waals surface area contributed by atoms with Crippen molar-refractivity contribution in [3.05, 3.63) is 70.9 Å². The highest BCUT2D eigenvalue weighted by Crippen LogP contribution is 2.36. The maximum absolute atomic E-state index is 2.49. The van der Waals surface area contributed by atoms with E-state index in [4.69, 9.17) is 0 Å². The Kier molecular flexibility index (Phi) is 6.32. The van der Waals surface area contributed by atoms with Gasteiger partial charge in [0.2, 0.25) is 0 Å². The molecule has 0 spiro atoms. The normalized spacial score (nSPS) is 12.9. The molecule has 0 aliphatic carbocycles. The summed E-state index contributed by atoms with van der Waals surface area (Å²) in [5, 5.41) is 1.37. The minimum absolute atomic E-state index is 0.155. The quantitative estimate of drug-likeness (QED) is 0.389. The maximum Gasteiger partial charge on any atom is 0.0537 e. The number of hydrogen-bond acceptors (Lipinski definition) is 0. The van der Waals surface area contributed by atoms with Gasteiger partial charge in [0.15, 0.2) is 0 Å². The molecular weight excluding hydrogens is 362 g/mol. The SMILES string of the molecule is CCCc1c(C=CC(C)(C)C)c2cc(C(C)(C)CC)ccc2n1-c1ccc(C)cc1. The summed E-state index contributed by atoms with van der Waals surface area (Å²) in [4.78, 5) is 0. The molecule has 1 nitrogen and oxygen atoms in total. The van der Waals surface area contributed by atoms with E-state index >= 15 is 0 Å². The monoisotopic (exact) mass is 401 g/mol. The number of fused-ring (bicyclic) bond motifs is 1. The summed E-state index contributed by atoms with van der Waals surface area (Å²) in [6, 6.07) is 16.1. The Morgan fingerprint density at radius 3 is 2.13 bits per heavy atom. The van der Waals surface area contributed by atoms with Gasteiger partial charge in [0.05, 0.1) is 5.52 Å². The van der Waals surface area contributed by atoms with Gasteiger partial charge < -0.3 is 4.57 Å². The van der Waals surface area contributed by atoms with Crippen molar-refractivity contribution in [2.75, 3.05) is 0 Å². The summed E-state index contributed by atoms with van der Waals surface area (Å²) >= 11 is 0.